The highest BCUT2D eigenvalue weighted by molar-refractivity contribution is 5.66. The van der Waals surface area contributed by atoms with Crippen molar-refractivity contribution < 1.29 is 9.47 Å². The van der Waals surface area contributed by atoms with Crippen molar-refractivity contribution in [2.24, 2.45) is 13.0 Å². The van der Waals surface area contributed by atoms with Crippen LogP contribution in [0.1, 0.15) is 38.7 Å². The smallest absolute Gasteiger partial charge is 0.161 e. The minimum Gasteiger partial charge on any atom is -0.490 e. The zero-order valence-corrected chi connectivity index (χ0v) is 18.0. The molecule has 2 aliphatic heterocycles. The molecule has 2 aromatic rings. The second-order valence-corrected chi connectivity index (χ2v) is 8.57. The summed E-state index contributed by atoms with van der Waals surface area (Å²) in [5.74, 6) is 2.29. The Kier molecular flexibility index (Phi) is 6.40. The Bertz CT molecular complexity index is 811. The fraction of sp³-hybridized carbons (Fsp3) is 0.609. The molecule has 1 aromatic heterocycles. The molecule has 0 bridgehead atoms. The summed E-state index contributed by atoms with van der Waals surface area (Å²) in [6, 6.07) is 6.74. The zero-order valence-electron chi connectivity index (χ0n) is 18.0. The van der Waals surface area contributed by atoms with E-state index in [1.54, 1.807) is 0 Å². The summed E-state index contributed by atoms with van der Waals surface area (Å²) in [6.45, 7) is 10.4. The van der Waals surface area contributed by atoms with Gasteiger partial charge >= 0.3 is 0 Å². The number of aromatic nitrogens is 2. The summed E-state index contributed by atoms with van der Waals surface area (Å²) in [5.41, 5.74) is 3.30. The normalized spacial score (nSPS) is 18.2. The first kappa shape index (κ1) is 20.2. The van der Waals surface area contributed by atoms with Crippen LogP contribution in [-0.4, -0.2) is 53.6 Å². The van der Waals surface area contributed by atoms with Gasteiger partial charge in [-0.25, -0.2) is 0 Å². The highest BCUT2D eigenvalue weighted by Crippen LogP contribution is 2.34. The van der Waals surface area contributed by atoms with Crippen LogP contribution in [0.25, 0.3) is 11.3 Å². The highest BCUT2D eigenvalue weighted by atomic mass is 16.5. The molecular formula is C23H34N4O2. The number of nitrogens with zero attached hydrogens (tertiary/aromatic N) is 3. The number of hydrogen-bond acceptors (Lipinski definition) is 5. The van der Waals surface area contributed by atoms with Gasteiger partial charge in [-0.05, 0) is 50.0 Å². The maximum Gasteiger partial charge on any atom is 0.161 e. The third-order valence-electron chi connectivity index (χ3n) is 5.97. The molecule has 1 fully saturated rings. The standard InChI is InChI=1S/C23H34N4O2/c1-17(2)20(27-9-4-5-10-27)15-24-14-19-16-26(3)25-23(19)18-7-8-21-22(13-18)29-12-6-11-28-21/h7-8,13,16-17,20,24H,4-6,9-12,14-15H2,1-3H3. The molecule has 3 heterocycles. The number of fused-ring (bicyclic) bond motifs is 1. The first-order chi connectivity index (χ1) is 14.1. The van der Waals surface area contributed by atoms with E-state index in [1.807, 2.05) is 17.8 Å². The fourth-order valence-electron chi connectivity index (χ4n) is 4.43. The first-order valence-electron chi connectivity index (χ1n) is 11.0. The number of likely N-dealkylation sites (tertiary alicyclic amines) is 1. The van der Waals surface area contributed by atoms with Crippen molar-refractivity contribution in [1.82, 2.24) is 20.0 Å². The minimum absolute atomic E-state index is 0.593. The Morgan fingerprint density at radius 2 is 1.83 bits per heavy atom. The van der Waals surface area contributed by atoms with E-state index in [1.165, 1.54) is 31.5 Å². The van der Waals surface area contributed by atoms with Crippen molar-refractivity contribution in [2.75, 3.05) is 32.8 Å². The summed E-state index contributed by atoms with van der Waals surface area (Å²) in [7, 11) is 1.98. The molecule has 0 saturated carbocycles. The number of nitrogens with one attached hydrogen (secondary N) is 1. The molecule has 4 rings (SSSR count). The molecule has 6 nitrogen and oxygen atoms in total. The average molecular weight is 399 g/mol. The first-order valence-corrected chi connectivity index (χ1v) is 11.0. The summed E-state index contributed by atoms with van der Waals surface area (Å²) in [6.07, 6.45) is 5.70. The van der Waals surface area contributed by atoms with Crippen molar-refractivity contribution in [3.63, 3.8) is 0 Å². The Balaban J connectivity index is 1.46. The van der Waals surface area contributed by atoms with E-state index in [4.69, 9.17) is 14.6 Å². The Hall–Kier alpha value is -2.05. The summed E-state index contributed by atoms with van der Waals surface area (Å²) >= 11 is 0. The predicted molar refractivity (Wildman–Crippen MR) is 115 cm³/mol. The van der Waals surface area contributed by atoms with E-state index in [2.05, 4.69) is 42.4 Å². The van der Waals surface area contributed by atoms with Gasteiger partial charge in [0.15, 0.2) is 11.5 Å². The van der Waals surface area contributed by atoms with Crippen LogP contribution in [0.15, 0.2) is 24.4 Å². The molecule has 158 valence electrons. The largest absolute Gasteiger partial charge is 0.490 e. The molecule has 0 radical (unpaired) electrons. The van der Waals surface area contributed by atoms with Crippen LogP contribution in [0, 0.1) is 5.92 Å². The van der Waals surface area contributed by atoms with Crippen LogP contribution in [-0.2, 0) is 13.6 Å². The summed E-state index contributed by atoms with van der Waals surface area (Å²) < 4.78 is 13.5. The molecule has 1 aromatic carbocycles. The van der Waals surface area contributed by atoms with Crippen molar-refractivity contribution in [1.29, 1.82) is 0 Å². The van der Waals surface area contributed by atoms with E-state index < -0.39 is 0 Å². The molecular weight excluding hydrogens is 364 g/mol. The minimum atomic E-state index is 0.593. The van der Waals surface area contributed by atoms with E-state index >= 15 is 0 Å². The molecule has 0 aliphatic carbocycles. The van der Waals surface area contributed by atoms with Gasteiger partial charge in [0.1, 0.15) is 0 Å². The Morgan fingerprint density at radius 1 is 1.07 bits per heavy atom. The van der Waals surface area contributed by atoms with Crippen LogP contribution in [0.2, 0.25) is 0 Å². The molecule has 29 heavy (non-hydrogen) atoms. The number of hydrogen-bond donors (Lipinski definition) is 1. The van der Waals surface area contributed by atoms with Gasteiger partial charge in [-0.2, -0.15) is 5.10 Å². The molecule has 1 unspecified atom stereocenters. The maximum atomic E-state index is 5.87. The van der Waals surface area contributed by atoms with Crippen LogP contribution in [0.5, 0.6) is 11.5 Å². The lowest BCUT2D eigenvalue weighted by atomic mass is 10.0. The number of aryl methyl sites for hydroxylation is 1. The van der Waals surface area contributed by atoms with Crippen molar-refractivity contribution in [3.05, 3.63) is 30.0 Å². The lowest BCUT2D eigenvalue weighted by Gasteiger charge is -2.31. The van der Waals surface area contributed by atoms with Gasteiger partial charge in [-0.3, -0.25) is 9.58 Å². The number of benzene rings is 1. The van der Waals surface area contributed by atoms with Crippen LogP contribution in [0.4, 0.5) is 0 Å². The number of ether oxygens (including phenoxy) is 2. The van der Waals surface area contributed by atoms with E-state index in [0.29, 0.717) is 25.2 Å². The second kappa shape index (κ2) is 9.18. The van der Waals surface area contributed by atoms with Crippen molar-refractivity contribution in [3.8, 4) is 22.8 Å². The highest BCUT2D eigenvalue weighted by Gasteiger charge is 2.24. The van der Waals surface area contributed by atoms with E-state index in [-0.39, 0.29) is 0 Å². The topological polar surface area (TPSA) is 51.6 Å². The van der Waals surface area contributed by atoms with Crippen molar-refractivity contribution >= 4 is 0 Å². The summed E-state index contributed by atoms with van der Waals surface area (Å²) in [5, 5.41) is 8.44. The van der Waals surface area contributed by atoms with Gasteiger partial charge in [0.05, 0.1) is 18.9 Å². The summed E-state index contributed by atoms with van der Waals surface area (Å²) in [4.78, 5) is 2.64. The van der Waals surface area contributed by atoms with Gasteiger partial charge in [0.2, 0.25) is 0 Å². The monoisotopic (exact) mass is 398 g/mol. The SMILES string of the molecule is CC(C)C(CNCc1cn(C)nc1-c1ccc2c(c1)OCCCO2)N1CCCC1. The van der Waals surface area contributed by atoms with Gasteiger partial charge in [0, 0.05) is 49.9 Å². The molecule has 1 saturated heterocycles. The zero-order chi connectivity index (χ0) is 20.2. The van der Waals surface area contributed by atoms with Crippen LogP contribution in [0.3, 0.4) is 0 Å². The predicted octanol–water partition coefficient (Wildman–Crippen LogP) is 3.46. The fourth-order valence-corrected chi connectivity index (χ4v) is 4.43. The maximum absolute atomic E-state index is 5.87. The quantitative estimate of drug-likeness (QED) is 0.774. The lowest BCUT2D eigenvalue weighted by Crippen LogP contribution is -2.44. The Labute approximate surface area is 174 Å². The molecule has 1 N–H and O–H groups in total. The third-order valence-corrected chi connectivity index (χ3v) is 5.97. The van der Waals surface area contributed by atoms with Gasteiger partial charge in [-0.1, -0.05) is 13.8 Å². The van der Waals surface area contributed by atoms with Crippen LogP contribution < -0.4 is 14.8 Å². The lowest BCUT2D eigenvalue weighted by molar-refractivity contribution is 0.186. The van der Waals surface area contributed by atoms with E-state index in [9.17, 15) is 0 Å². The van der Waals surface area contributed by atoms with Gasteiger partial charge in [-0.15, -0.1) is 0 Å². The third kappa shape index (κ3) is 4.75. The molecule has 0 spiro atoms. The van der Waals surface area contributed by atoms with Crippen molar-refractivity contribution in [2.45, 2.75) is 45.7 Å². The number of rotatable bonds is 7. The second-order valence-electron chi connectivity index (χ2n) is 8.57. The molecule has 2 aliphatic rings. The Morgan fingerprint density at radius 3 is 2.59 bits per heavy atom. The molecule has 6 heteroatoms. The molecule has 0 amide bonds. The van der Waals surface area contributed by atoms with Gasteiger partial charge in [0.25, 0.3) is 0 Å². The average Bonchev–Trinajstić information content (AvgIpc) is 3.29. The van der Waals surface area contributed by atoms with Crippen LogP contribution >= 0.6 is 0 Å². The van der Waals surface area contributed by atoms with Gasteiger partial charge < -0.3 is 14.8 Å². The molecule has 1 atom stereocenters. The van der Waals surface area contributed by atoms with E-state index in [0.717, 1.165) is 42.3 Å².